The largest absolute Gasteiger partial charge is 0.496 e. The topological polar surface area (TPSA) is 121 Å². The summed E-state index contributed by atoms with van der Waals surface area (Å²) in [6.45, 7) is 4.52. The van der Waals surface area contributed by atoms with Crippen LogP contribution in [0, 0.1) is 0 Å². The van der Waals surface area contributed by atoms with Crippen molar-refractivity contribution in [2.75, 3.05) is 77.4 Å². The van der Waals surface area contributed by atoms with Crippen LogP contribution in [-0.4, -0.2) is 66.3 Å². The number of halogens is 6. The summed E-state index contributed by atoms with van der Waals surface area (Å²) in [5.74, 6) is 3.20. The van der Waals surface area contributed by atoms with E-state index < -0.39 is 29.2 Å². The van der Waals surface area contributed by atoms with Gasteiger partial charge in [0, 0.05) is 74.3 Å². The Hall–Kier alpha value is -5.22. The summed E-state index contributed by atoms with van der Waals surface area (Å²) >= 11 is 0. The lowest BCUT2D eigenvalue weighted by atomic mass is 9.96. The summed E-state index contributed by atoms with van der Waals surface area (Å²) in [7, 11) is 1.60. The lowest BCUT2D eigenvalue weighted by Gasteiger charge is -2.22. The highest BCUT2D eigenvalue weighted by molar-refractivity contribution is 5.67. The summed E-state index contributed by atoms with van der Waals surface area (Å²) in [5.41, 5.74) is 4.52. The second-order valence-corrected chi connectivity index (χ2v) is 13.2. The fourth-order valence-corrected chi connectivity index (χ4v) is 6.96. The molecule has 0 bridgehead atoms. The molecule has 3 aliphatic rings. The van der Waals surface area contributed by atoms with Gasteiger partial charge in [-0.05, 0) is 68.5 Å². The van der Waals surface area contributed by atoms with Crippen LogP contribution in [0.2, 0.25) is 0 Å². The van der Waals surface area contributed by atoms with Crippen molar-refractivity contribution >= 4 is 46.5 Å². The summed E-state index contributed by atoms with van der Waals surface area (Å²) in [6, 6.07) is 10.2. The predicted octanol–water partition coefficient (Wildman–Crippen LogP) is 7.58. The van der Waals surface area contributed by atoms with E-state index in [-0.39, 0.29) is 17.8 Å². The molecule has 276 valence electrons. The van der Waals surface area contributed by atoms with E-state index in [0.717, 1.165) is 56.6 Å². The van der Waals surface area contributed by atoms with Crippen LogP contribution in [-0.2, 0) is 12.4 Å². The van der Waals surface area contributed by atoms with Crippen LogP contribution in [0.3, 0.4) is 0 Å². The second kappa shape index (κ2) is 14.1. The Kier molecular flexibility index (Phi) is 9.52. The second-order valence-electron chi connectivity index (χ2n) is 13.2. The molecular weight excluding hydrogens is 690 g/mol. The SMILES string of the molecule is COc1ccc(Nc2cc(Nc3cc(C(F)(F)F)cc(C(F)(F)F)c3)nc(N3CCCC3)n2)cc1C1CCN(c2nc(N)cc(N3CCCC3)n2)C1. The quantitative estimate of drug-likeness (QED) is 0.148. The molecule has 11 nitrogen and oxygen atoms in total. The maximum Gasteiger partial charge on any atom is 0.416 e. The average molecular weight is 729 g/mol. The van der Waals surface area contributed by atoms with Crippen LogP contribution in [0.4, 0.5) is 72.9 Å². The number of hydrogen-bond acceptors (Lipinski definition) is 11. The molecule has 0 amide bonds. The maximum absolute atomic E-state index is 13.6. The summed E-state index contributed by atoms with van der Waals surface area (Å²) in [5, 5.41) is 5.95. The molecule has 3 aliphatic heterocycles. The first-order valence-corrected chi connectivity index (χ1v) is 17.1. The zero-order chi connectivity index (χ0) is 36.6. The van der Waals surface area contributed by atoms with Gasteiger partial charge in [-0.15, -0.1) is 0 Å². The van der Waals surface area contributed by atoms with Gasteiger partial charge in [0.05, 0.1) is 18.2 Å². The molecule has 0 aliphatic carbocycles. The average Bonchev–Trinajstić information content (AvgIpc) is 3.91. The van der Waals surface area contributed by atoms with Crippen molar-refractivity contribution in [2.45, 2.75) is 50.4 Å². The van der Waals surface area contributed by atoms with E-state index in [4.69, 9.17) is 15.5 Å². The number of hydrogen-bond donors (Lipinski definition) is 3. The van der Waals surface area contributed by atoms with Crippen molar-refractivity contribution in [1.29, 1.82) is 0 Å². The maximum atomic E-state index is 13.6. The van der Waals surface area contributed by atoms with Crippen molar-refractivity contribution in [1.82, 2.24) is 19.9 Å². The van der Waals surface area contributed by atoms with Crippen LogP contribution >= 0.6 is 0 Å². The standard InChI is InChI=1S/C35H38F6N10O/c1-52-27-7-6-24(17-26(27)21-8-13-51(20-21)32-45-28(42)18-31(48-32)49-9-2-3-10-49)43-29-19-30(47-33(46-29)50-11-4-5-12-50)44-25-15-22(34(36,37)38)14-23(16-25)35(39,40)41/h6-7,14-19,21H,2-5,8-13,20H2,1H3,(H2,42,45,48)(H2,43,44,46,47). The van der Waals surface area contributed by atoms with Crippen LogP contribution in [0.1, 0.15) is 54.7 Å². The molecule has 5 heterocycles. The number of rotatable bonds is 9. The van der Waals surface area contributed by atoms with E-state index in [0.29, 0.717) is 73.3 Å². The van der Waals surface area contributed by atoms with Gasteiger partial charge in [0.15, 0.2) is 0 Å². The number of nitrogens with zero attached hydrogens (tertiary/aromatic N) is 7. The van der Waals surface area contributed by atoms with E-state index in [2.05, 4.69) is 35.4 Å². The predicted molar refractivity (Wildman–Crippen MR) is 187 cm³/mol. The van der Waals surface area contributed by atoms with Gasteiger partial charge in [-0.3, -0.25) is 0 Å². The molecular formula is C35H38F6N10O. The van der Waals surface area contributed by atoms with E-state index in [1.807, 2.05) is 29.2 Å². The molecule has 4 N–H and O–H groups in total. The van der Waals surface area contributed by atoms with Gasteiger partial charge >= 0.3 is 12.4 Å². The van der Waals surface area contributed by atoms with E-state index in [9.17, 15) is 26.3 Å². The first kappa shape index (κ1) is 35.2. The fraction of sp³-hybridized carbons (Fsp3) is 0.429. The number of nitrogens with two attached hydrogens (primary N) is 1. The zero-order valence-corrected chi connectivity index (χ0v) is 28.4. The number of ether oxygens (including phenoxy) is 1. The molecule has 2 aromatic heterocycles. The van der Waals surface area contributed by atoms with Gasteiger partial charge in [0.1, 0.15) is 29.0 Å². The van der Waals surface area contributed by atoms with Gasteiger partial charge < -0.3 is 35.8 Å². The Labute approximate surface area is 296 Å². The van der Waals surface area contributed by atoms with Crippen LogP contribution < -0.4 is 35.8 Å². The molecule has 52 heavy (non-hydrogen) atoms. The number of anilines is 8. The third kappa shape index (κ3) is 7.82. The highest BCUT2D eigenvalue weighted by Gasteiger charge is 2.37. The molecule has 3 saturated heterocycles. The van der Waals surface area contributed by atoms with Gasteiger partial charge in [-0.25, -0.2) is 0 Å². The normalized spacial score (nSPS) is 18.0. The number of nitrogens with one attached hydrogen (secondary N) is 2. The molecule has 7 rings (SSSR count). The number of aromatic nitrogens is 4. The third-order valence-electron chi connectivity index (χ3n) is 9.53. The summed E-state index contributed by atoms with van der Waals surface area (Å²) in [6.07, 6.45) is -5.16. The molecule has 0 radical (unpaired) electrons. The highest BCUT2D eigenvalue weighted by atomic mass is 19.4. The van der Waals surface area contributed by atoms with Crippen LogP contribution in [0.15, 0.2) is 48.5 Å². The number of alkyl halides is 6. The molecule has 3 fully saturated rings. The van der Waals surface area contributed by atoms with Crippen LogP contribution in [0.25, 0.3) is 0 Å². The molecule has 4 aromatic rings. The summed E-state index contributed by atoms with van der Waals surface area (Å²) in [4.78, 5) is 24.8. The Bertz CT molecular complexity index is 1880. The molecule has 1 atom stereocenters. The first-order chi connectivity index (χ1) is 24.8. The van der Waals surface area contributed by atoms with Crippen LogP contribution in [0.5, 0.6) is 5.75 Å². The van der Waals surface area contributed by atoms with Crippen molar-refractivity contribution in [3.63, 3.8) is 0 Å². The van der Waals surface area contributed by atoms with E-state index in [1.165, 1.54) is 6.07 Å². The number of methoxy groups -OCH3 is 1. The minimum atomic E-state index is -4.99. The minimum Gasteiger partial charge on any atom is -0.496 e. The minimum absolute atomic E-state index is 0.0300. The van der Waals surface area contributed by atoms with Crippen molar-refractivity contribution in [2.24, 2.45) is 0 Å². The molecule has 1 unspecified atom stereocenters. The zero-order valence-electron chi connectivity index (χ0n) is 28.4. The smallest absolute Gasteiger partial charge is 0.416 e. The molecule has 2 aromatic carbocycles. The van der Waals surface area contributed by atoms with Gasteiger partial charge in [-0.2, -0.15) is 46.3 Å². The fourth-order valence-electron chi connectivity index (χ4n) is 6.96. The number of benzene rings is 2. The van der Waals surface area contributed by atoms with E-state index in [1.54, 1.807) is 7.11 Å². The van der Waals surface area contributed by atoms with Gasteiger partial charge in [-0.1, -0.05) is 0 Å². The van der Waals surface area contributed by atoms with Crippen molar-refractivity contribution in [3.05, 3.63) is 65.2 Å². The van der Waals surface area contributed by atoms with Crippen molar-refractivity contribution < 1.29 is 31.1 Å². The lowest BCUT2D eigenvalue weighted by Crippen LogP contribution is -2.25. The molecule has 0 spiro atoms. The first-order valence-electron chi connectivity index (χ1n) is 17.1. The monoisotopic (exact) mass is 728 g/mol. The Balaban J connectivity index is 1.16. The number of nitrogen functional groups attached to an aromatic ring is 1. The van der Waals surface area contributed by atoms with Crippen molar-refractivity contribution in [3.8, 4) is 5.75 Å². The third-order valence-corrected chi connectivity index (χ3v) is 9.53. The molecule has 0 saturated carbocycles. The van der Waals surface area contributed by atoms with Gasteiger partial charge in [0.2, 0.25) is 11.9 Å². The Morgan fingerprint density at radius 3 is 1.88 bits per heavy atom. The Morgan fingerprint density at radius 1 is 0.673 bits per heavy atom. The molecule has 17 heteroatoms. The van der Waals surface area contributed by atoms with E-state index >= 15 is 0 Å². The summed E-state index contributed by atoms with van der Waals surface area (Å²) < 4.78 is 87.2. The lowest BCUT2D eigenvalue weighted by molar-refractivity contribution is -0.143. The highest BCUT2D eigenvalue weighted by Crippen LogP contribution is 2.40. The van der Waals surface area contributed by atoms with Gasteiger partial charge in [0.25, 0.3) is 0 Å². The Morgan fingerprint density at radius 2 is 1.27 bits per heavy atom.